The van der Waals surface area contributed by atoms with Crippen LogP contribution < -0.4 is 4.90 Å². The molecule has 1 unspecified atom stereocenters. The van der Waals surface area contributed by atoms with Crippen molar-refractivity contribution in [3.05, 3.63) is 11.2 Å². The molecule has 6 heteroatoms. The third-order valence-corrected chi connectivity index (χ3v) is 3.71. The Morgan fingerprint density at radius 1 is 1.56 bits per heavy atom. The molecule has 0 radical (unpaired) electrons. The van der Waals surface area contributed by atoms with Gasteiger partial charge in [0, 0.05) is 25.8 Å². The highest BCUT2D eigenvalue weighted by Gasteiger charge is 2.19. The minimum atomic E-state index is 0.277. The number of ether oxygens (including phenoxy) is 1. The molecule has 2 rings (SSSR count). The monoisotopic (exact) mass is 287 g/mol. The summed E-state index contributed by atoms with van der Waals surface area (Å²) in [5.74, 6) is 0.906. The van der Waals surface area contributed by atoms with Gasteiger partial charge in [-0.1, -0.05) is 30.3 Å². The van der Waals surface area contributed by atoms with E-state index in [0.29, 0.717) is 5.15 Å². The van der Waals surface area contributed by atoms with Gasteiger partial charge in [-0.25, -0.2) is 9.97 Å². The van der Waals surface area contributed by atoms with Gasteiger partial charge in [0.25, 0.3) is 0 Å². The van der Waals surface area contributed by atoms with Gasteiger partial charge >= 0.3 is 0 Å². The Kier molecular flexibility index (Phi) is 5.09. The van der Waals surface area contributed by atoms with Crippen molar-refractivity contribution >= 4 is 29.2 Å². The van der Waals surface area contributed by atoms with Crippen molar-refractivity contribution in [3.63, 3.8) is 0 Å². The highest BCUT2D eigenvalue weighted by molar-refractivity contribution is 7.98. The fourth-order valence-corrected chi connectivity index (χ4v) is 2.59. The van der Waals surface area contributed by atoms with Crippen molar-refractivity contribution in [2.45, 2.75) is 31.0 Å². The number of hydrogen-bond acceptors (Lipinski definition) is 5. The smallest absolute Gasteiger partial charge is 0.190 e. The molecule has 0 amide bonds. The van der Waals surface area contributed by atoms with Gasteiger partial charge < -0.3 is 9.64 Å². The van der Waals surface area contributed by atoms with Crippen molar-refractivity contribution in [3.8, 4) is 0 Å². The van der Waals surface area contributed by atoms with Crippen LogP contribution in [0.15, 0.2) is 11.2 Å². The maximum atomic E-state index is 6.04. The maximum Gasteiger partial charge on any atom is 0.190 e. The summed E-state index contributed by atoms with van der Waals surface area (Å²) in [6.07, 6.45) is 4.27. The Morgan fingerprint density at radius 3 is 3.11 bits per heavy atom. The van der Waals surface area contributed by atoms with Crippen LogP contribution in [0.5, 0.6) is 0 Å². The van der Waals surface area contributed by atoms with Crippen LogP contribution >= 0.6 is 23.4 Å². The van der Waals surface area contributed by atoms with E-state index in [1.807, 2.05) is 12.3 Å². The van der Waals surface area contributed by atoms with Crippen LogP contribution in [-0.4, -0.2) is 42.0 Å². The predicted molar refractivity (Wildman–Crippen MR) is 75.7 cm³/mol. The number of thioether (sulfide) groups is 1. The second-order valence-corrected chi connectivity index (χ2v) is 5.40. The molecule has 1 atom stereocenters. The quantitative estimate of drug-likeness (QED) is 0.485. The highest BCUT2D eigenvalue weighted by Crippen LogP contribution is 2.22. The number of halogens is 1. The molecule has 1 aromatic rings. The summed E-state index contributed by atoms with van der Waals surface area (Å²) in [6, 6.07) is 1.83. The molecular formula is C12H18ClN3OS. The summed E-state index contributed by atoms with van der Waals surface area (Å²) < 4.78 is 5.77. The topological polar surface area (TPSA) is 38.2 Å². The molecule has 100 valence electrons. The third kappa shape index (κ3) is 3.49. The van der Waals surface area contributed by atoms with Crippen molar-refractivity contribution in [1.29, 1.82) is 0 Å². The number of rotatable bonds is 3. The van der Waals surface area contributed by atoms with Crippen molar-refractivity contribution < 1.29 is 4.74 Å². The third-order valence-electron chi connectivity index (χ3n) is 2.97. The molecule has 0 N–H and O–H groups in total. The van der Waals surface area contributed by atoms with E-state index in [-0.39, 0.29) is 6.10 Å². The molecule has 2 heterocycles. The van der Waals surface area contributed by atoms with Gasteiger partial charge in [-0.05, 0) is 19.1 Å². The normalized spacial score (nSPS) is 20.8. The molecule has 0 bridgehead atoms. The standard InChI is InChI=1S/C12H18ClN3OS/c1-3-9-8-16(5-4-6-17-9)11-7-10(13)14-12(15-11)18-2/h7,9H,3-6,8H2,1-2H3. The number of nitrogens with zero attached hydrogens (tertiary/aromatic N) is 3. The van der Waals surface area contributed by atoms with Crippen LogP contribution in [0.2, 0.25) is 5.15 Å². The highest BCUT2D eigenvalue weighted by atomic mass is 35.5. The van der Waals surface area contributed by atoms with E-state index >= 15 is 0 Å². The predicted octanol–water partition coefficient (Wildman–Crippen LogP) is 2.86. The summed E-state index contributed by atoms with van der Waals surface area (Å²) in [4.78, 5) is 10.9. The van der Waals surface area contributed by atoms with E-state index in [1.165, 1.54) is 11.8 Å². The summed E-state index contributed by atoms with van der Waals surface area (Å²) in [6.45, 7) is 4.80. The van der Waals surface area contributed by atoms with Gasteiger partial charge in [0.2, 0.25) is 0 Å². The van der Waals surface area contributed by atoms with Gasteiger partial charge in [-0.3, -0.25) is 0 Å². The van der Waals surface area contributed by atoms with Crippen molar-refractivity contribution in [2.24, 2.45) is 0 Å². The average Bonchev–Trinajstić information content (AvgIpc) is 2.63. The Labute approximate surface area is 117 Å². The Balaban J connectivity index is 2.20. The Morgan fingerprint density at radius 2 is 2.39 bits per heavy atom. The first-order valence-electron chi connectivity index (χ1n) is 6.18. The molecule has 0 aromatic carbocycles. The number of aromatic nitrogens is 2. The molecule has 1 aliphatic heterocycles. The minimum absolute atomic E-state index is 0.277. The van der Waals surface area contributed by atoms with Gasteiger partial charge in [-0.15, -0.1) is 0 Å². The summed E-state index contributed by atoms with van der Waals surface area (Å²) in [5.41, 5.74) is 0. The van der Waals surface area contributed by atoms with Gasteiger partial charge in [-0.2, -0.15) is 0 Å². The lowest BCUT2D eigenvalue weighted by atomic mass is 10.2. The van der Waals surface area contributed by atoms with E-state index < -0.39 is 0 Å². The Bertz CT molecular complexity index is 405. The average molecular weight is 288 g/mol. The fraction of sp³-hybridized carbons (Fsp3) is 0.667. The van der Waals surface area contributed by atoms with Crippen LogP contribution in [0.25, 0.3) is 0 Å². The lowest BCUT2D eigenvalue weighted by molar-refractivity contribution is 0.0664. The lowest BCUT2D eigenvalue weighted by Crippen LogP contribution is -2.32. The largest absolute Gasteiger partial charge is 0.376 e. The summed E-state index contributed by atoms with van der Waals surface area (Å²) in [5, 5.41) is 1.22. The fourth-order valence-electron chi connectivity index (χ4n) is 1.99. The van der Waals surface area contributed by atoms with Gasteiger partial charge in [0.1, 0.15) is 11.0 Å². The van der Waals surface area contributed by atoms with Gasteiger partial charge in [0.15, 0.2) is 5.16 Å². The van der Waals surface area contributed by atoms with Crippen LogP contribution in [0.4, 0.5) is 5.82 Å². The zero-order valence-electron chi connectivity index (χ0n) is 10.7. The van der Waals surface area contributed by atoms with E-state index in [4.69, 9.17) is 16.3 Å². The zero-order valence-corrected chi connectivity index (χ0v) is 12.3. The molecule has 1 aromatic heterocycles. The molecule has 0 spiro atoms. The number of hydrogen-bond donors (Lipinski definition) is 0. The van der Waals surface area contributed by atoms with E-state index in [1.54, 1.807) is 0 Å². The molecule has 1 aliphatic rings. The summed E-state index contributed by atoms with van der Waals surface area (Å²) >= 11 is 7.54. The maximum absolute atomic E-state index is 6.04. The van der Waals surface area contributed by atoms with Crippen LogP contribution in [0.3, 0.4) is 0 Å². The van der Waals surface area contributed by atoms with Gasteiger partial charge in [0.05, 0.1) is 6.10 Å². The molecule has 0 aliphatic carbocycles. The van der Waals surface area contributed by atoms with Crippen LogP contribution in [-0.2, 0) is 4.74 Å². The molecule has 1 fully saturated rings. The van der Waals surface area contributed by atoms with E-state index in [2.05, 4.69) is 21.8 Å². The summed E-state index contributed by atoms with van der Waals surface area (Å²) in [7, 11) is 0. The van der Waals surface area contributed by atoms with E-state index in [9.17, 15) is 0 Å². The first-order chi connectivity index (χ1) is 8.72. The molecule has 0 saturated carbocycles. The first-order valence-corrected chi connectivity index (χ1v) is 7.78. The zero-order chi connectivity index (χ0) is 13.0. The molecular weight excluding hydrogens is 270 g/mol. The Hall–Kier alpha value is -0.520. The molecule has 18 heavy (non-hydrogen) atoms. The SMILES string of the molecule is CCC1CN(c2cc(Cl)nc(SC)n2)CCCO1. The van der Waals surface area contributed by atoms with Crippen LogP contribution in [0, 0.1) is 0 Å². The van der Waals surface area contributed by atoms with E-state index in [0.717, 1.165) is 43.5 Å². The first kappa shape index (κ1) is 13.9. The number of anilines is 1. The van der Waals surface area contributed by atoms with Crippen molar-refractivity contribution in [1.82, 2.24) is 9.97 Å². The second-order valence-electron chi connectivity index (χ2n) is 4.24. The lowest BCUT2D eigenvalue weighted by Gasteiger charge is -2.24. The molecule has 4 nitrogen and oxygen atoms in total. The minimum Gasteiger partial charge on any atom is -0.376 e. The van der Waals surface area contributed by atoms with Crippen molar-refractivity contribution in [2.75, 3.05) is 30.9 Å². The van der Waals surface area contributed by atoms with Crippen LogP contribution in [0.1, 0.15) is 19.8 Å². The molecule has 1 saturated heterocycles. The second kappa shape index (κ2) is 6.59.